The van der Waals surface area contributed by atoms with E-state index in [1.807, 2.05) is 0 Å². The molecule has 1 saturated heterocycles. The number of aliphatic hydroxyl groups is 3. The van der Waals surface area contributed by atoms with Crippen molar-refractivity contribution in [3.8, 4) is 11.5 Å². The third kappa shape index (κ3) is 4.69. The molecule has 29 heavy (non-hydrogen) atoms. The van der Waals surface area contributed by atoms with E-state index in [1.54, 1.807) is 0 Å². The first-order chi connectivity index (χ1) is 13.7. The van der Waals surface area contributed by atoms with E-state index in [0.29, 0.717) is 18.7 Å². The zero-order chi connectivity index (χ0) is 21.2. The molecule has 4 atom stereocenters. The highest BCUT2D eigenvalue weighted by atomic mass is 16.6. The predicted molar refractivity (Wildman–Crippen MR) is 101 cm³/mol. The molecule has 158 valence electrons. The molecule has 1 aromatic rings. The number of carbonyl (C=O) groups is 2. The third-order valence-corrected chi connectivity index (χ3v) is 5.33. The quantitative estimate of drug-likeness (QED) is 0.264. The van der Waals surface area contributed by atoms with Gasteiger partial charge in [-0.05, 0) is 36.6 Å². The average Bonchev–Trinajstić information content (AvgIpc) is 3.20. The summed E-state index contributed by atoms with van der Waals surface area (Å²) < 4.78 is 5.18. The maximum Gasteiger partial charge on any atom is 0.331 e. The molecule has 5 N–H and O–H groups in total. The van der Waals surface area contributed by atoms with Crippen molar-refractivity contribution in [2.75, 3.05) is 13.1 Å². The number of likely N-dealkylation sites (tertiary alicyclic amines) is 1. The van der Waals surface area contributed by atoms with E-state index in [-0.39, 0.29) is 24.3 Å². The fourth-order valence-electron chi connectivity index (χ4n) is 3.75. The molecule has 3 rings (SSSR count). The number of nitrogens with zero attached hydrogens (tertiary/aromatic N) is 1. The van der Waals surface area contributed by atoms with Gasteiger partial charge in [-0.15, -0.1) is 0 Å². The molecule has 1 amide bonds. The highest BCUT2D eigenvalue weighted by molar-refractivity contribution is 5.88. The molecule has 1 heterocycles. The fraction of sp³-hybridized carbons (Fsp3) is 0.500. The highest BCUT2D eigenvalue weighted by Gasteiger charge is 2.51. The summed E-state index contributed by atoms with van der Waals surface area (Å²) in [5, 5.41) is 49.9. The van der Waals surface area contributed by atoms with E-state index in [2.05, 4.69) is 0 Å². The molecule has 9 nitrogen and oxygen atoms in total. The van der Waals surface area contributed by atoms with E-state index >= 15 is 0 Å². The summed E-state index contributed by atoms with van der Waals surface area (Å²) in [6.07, 6.45) is -0.726. The predicted octanol–water partition coefficient (Wildman–Crippen LogP) is -0.108. The summed E-state index contributed by atoms with van der Waals surface area (Å²) in [7, 11) is 0. The second-order valence-electron chi connectivity index (χ2n) is 7.55. The minimum absolute atomic E-state index is 0.300. The van der Waals surface area contributed by atoms with E-state index in [1.165, 1.54) is 29.2 Å². The Balaban J connectivity index is 1.67. The van der Waals surface area contributed by atoms with Crippen molar-refractivity contribution in [3.63, 3.8) is 0 Å². The number of hydrogen-bond donors (Lipinski definition) is 5. The van der Waals surface area contributed by atoms with E-state index in [0.717, 1.165) is 18.9 Å². The summed E-state index contributed by atoms with van der Waals surface area (Å²) in [4.78, 5) is 26.3. The van der Waals surface area contributed by atoms with Crippen molar-refractivity contribution in [1.82, 2.24) is 4.90 Å². The molecule has 1 aromatic carbocycles. The molecule has 9 heteroatoms. The first-order valence-electron chi connectivity index (χ1n) is 9.48. The van der Waals surface area contributed by atoms with Gasteiger partial charge in [0, 0.05) is 32.0 Å². The number of aromatic hydroxyl groups is 2. The van der Waals surface area contributed by atoms with Gasteiger partial charge in [0.1, 0.15) is 17.8 Å². The summed E-state index contributed by atoms with van der Waals surface area (Å²) in [6.45, 7) is 1.04. The number of carbonyl (C=O) groups excluding carboxylic acids is 2. The van der Waals surface area contributed by atoms with E-state index in [4.69, 9.17) is 4.74 Å². The molecule has 2 fully saturated rings. The van der Waals surface area contributed by atoms with Gasteiger partial charge in [-0.1, -0.05) is 6.07 Å². The lowest BCUT2D eigenvalue weighted by molar-refractivity contribution is -0.191. The molecule has 1 saturated carbocycles. The van der Waals surface area contributed by atoms with Crippen molar-refractivity contribution in [2.24, 2.45) is 0 Å². The molecular weight excluding hydrogens is 382 g/mol. The van der Waals surface area contributed by atoms with Gasteiger partial charge in [-0.2, -0.15) is 0 Å². The van der Waals surface area contributed by atoms with Crippen LogP contribution in [0.4, 0.5) is 0 Å². The van der Waals surface area contributed by atoms with Crippen LogP contribution in [0.3, 0.4) is 0 Å². The van der Waals surface area contributed by atoms with E-state index in [9.17, 15) is 35.1 Å². The Hall–Kier alpha value is -2.62. The topological polar surface area (TPSA) is 148 Å². The van der Waals surface area contributed by atoms with Gasteiger partial charge in [0.25, 0.3) is 5.91 Å². The molecule has 1 aliphatic carbocycles. The second kappa shape index (κ2) is 8.40. The second-order valence-corrected chi connectivity index (χ2v) is 7.55. The van der Waals surface area contributed by atoms with Crippen LogP contribution >= 0.6 is 0 Å². The standard InChI is InChI=1S/C20H25NO8/c22-13-5-3-12(9-14(13)23)4-6-17(25)29-16-11-20(28,10-15(24)18(16)26)19(27)21-7-1-2-8-21/h3-6,9,15-16,18,22-24,26,28H,1-2,7-8,10-11H2/t15-,16-,18+,20-/m1/s1. The number of benzene rings is 1. The summed E-state index contributed by atoms with van der Waals surface area (Å²) >= 11 is 0. The third-order valence-electron chi connectivity index (χ3n) is 5.33. The van der Waals surface area contributed by atoms with Crippen LogP contribution in [0.5, 0.6) is 11.5 Å². The van der Waals surface area contributed by atoms with Crippen LogP contribution in [0.15, 0.2) is 24.3 Å². The Bertz CT molecular complexity index is 804. The lowest BCUT2D eigenvalue weighted by atomic mass is 9.78. The number of ether oxygens (including phenoxy) is 1. The number of aliphatic hydroxyl groups excluding tert-OH is 2. The number of phenols is 2. The van der Waals surface area contributed by atoms with Crippen molar-refractivity contribution >= 4 is 18.0 Å². The Morgan fingerprint density at radius 3 is 2.45 bits per heavy atom. The SMILES string of the molecule is O=C(C=Cc1ccc(O)c(O)c1)O[C@@H]1C[C@@](O)(C(=O)N2CCCC2)C[C@@H](O)[C@@H]1O. The smallest absolute Gasteiger partial charge is 0.331 e. The monoisotopic (exact) mass is 407 g/mol. The van der Waals surface area contributed by atoms with Gasteiger partial charge in [-0.3, -0.25) is 4.79 Å². The zero-order valence-corrected chi connectivity index (χ0v) is 15.8. The fourth-order valence-corrected chi connectivity index (χ4v) is 3.75. The van der Waals surface area contributed by atoms with E-state index < -0.39 is 35.8 Å². The summed E-state index contributed by atoms with van der Waals surface area (Å²) in [5.74, 6) is -2.04. The van der Waals surface area contributed by atoms with Gasteiger partial charge in [0.05, 0.1) is 6.10 Å². The normalized spacial score (nSPS) is 29.9. The minimum atomic E-state index is -1.92. The molecule has 2 aliphatic rings. The lowest BCUT2D eigenvalue weighted by Gasteiger charge is -2.42. The van der Waals surface area contributed by atoms with Crippen molar-refractivity contribution in [2.45, 2.75) is 49.6 Å². The van der Waals surface area contributed by atoms with Gasteiger partial charge in [0.15, 0.2) is 11.5 Å². The molecule has 0 unspecified atom stereocenters. The van der Waals surface area contributed by atoms with Gasteiger partial charge in [0.2, 0.25) is 0 Å². The Kier molecular flexibility index (Phi) is 6.11. The number of rotatable bonds is 4. The highest BCUT2D eigenvalue weighted by Crippen LogP contribution is 2.33. The summed E-state index contributed by atoms with van der Waals surface area (Å²) in [5.41, 5.74) is -1.50. The van der Waals surface area contributed by atoms with Crippen molar-refractivity contribution in [3.05, 3.63) is 29.8 Å². The molecule has 1 aliphatic heterocycles. The van der Waals surface area contributed by atoms with Crippen molar-refractivity contribution in [1.29, 1.82) is 0 Å². The van der Waals surface area contributed by atoms with Crippen LogP contribution in [0.2, 0.25) is 0 Å². The largest absolute Gasteiger partial charge is 0.504 e. The van der Waals surface area contributed by atoms with Crippen LogP contribution < -0.4 is 0 Å². The summed E-state index contributed by atoms with van der Waals surface area (Å²) in [6, 6.07) is 3.96. The molecule has 0 spiro atoms. The average molecular weight is 407 g/mol. The van der Waals surface area contributed by atoms with Gasteiger partial charge >= 0.3 is 5.97 Å². The first kappa shape index (κ1) is 21.1. The van der Waals surface area contributed by atoms with Crippen LogP contribution in [0.1, 0.15) is 31.2 Å². The molecule has 0 aromatic heterocycles. The Morgan fingerprint density at radius 1 is 1.10 bits per heavy atom. The Morgan fingerprint density at radius 2 is 1.79 bits per heavy atom. The van der Waals surface area contributed by atoms with Gasteiger partial charge < -0.3 is 35.2 Å². The molecule has 0 bridgehead atoms. The lowest BCUT2D eigenvalue weighted by Crippen LogP contribution is -2.60. The number of amides is 1. The van der Waals surface area contributed by atoms with Crippen LogP contribution in [-0.4, -0.2) is 79.3 Å². The Labute approximate surface area is 167 Å². The molecular formula is C20H25NO8. The van der Waals surface area contributed by atoms with Crippen LogP contribution in [0, 0.1) is 0 Å². The number of hydrogen-bond acceptors (Lipinski definition) is 8. The first-order valence-corrected chi connectivity index (χ1v) is 9.48. The van der Waals surface area contributed by atoms with Gasteiger partial charge in [-0.25, -0.2) is 4.79 Å². The van der Waals surface area contributed by atoms with Crippen LogP contribution in [0.25, 0.3) is 6.08 Å². The minimum Gasteiger partial charge on any atom is -0.504 e. The molecule has 0 radical (unpaired) electrons. The maximum atomic E-state index is 12.7. The zero-order valence-electron chi connectivity index (χ0n) is 15.8. The van der Waals surface area contributed by atoms with Crippen LogP contribution in [-0.2, 0) is 14.3 Å². The number of phenolic OH excluding ortho intramolecular Hbond substituents is 2. The van der Waals surface area contributed by atoms with Crippen molar-refractivity contribution < 1.29 is 39.9 Å². The number of esters is 1. The maximum absolute atomic E-state index is 12.7.